The fourth-order valence-corrected chi connectivity index (χ4v) is 3.64. The fourth-order valence-electron chi connectivity index (χ4n) is 3.64. The van der Waals surface area contributed by atoms with Gasteiger partial charge in [-0.1, -0.05) is 0 Å². The normalized spacial score (nSPS) is 18.7. The van der Waals surface area contributed by atoms with Crippen molar-refractivity contribution in [3.05, 3.63) is 42.6 Å². The van der Waals surface area contributed by atoms with E-state index in [0.29, 0.717) is 13.1 Å². The Hall–Kier alpha value is -2.54. The first-order chi connectivity index (χ1) is 12.6. The third kappa shape index (κ3) is 3.26. The highest BCUT2D eigenvalue weighted by Crippen LogP contribution is 2.32. The number of β-amino-alcohol motifs (C(OH)–C–C–N with tert-alkyl or cyclic N) is 1. The van der Waals surface area contributed by atoms with E-state index in [4.69, 9.17) is 0 Å². The van der Waals surface area contributed by atoms with Crippen LogP contribution in [0, 0.1) is 11.7 Å². The van der Waals surface area contributed by atoms with E-state index >= 15 is 0 Å². The number of anilines is 1. The number of benzene rings is 1. The number of aromatic nitrogens is 2. The average molecular weight is 356 g/mol. The molecule has 2 fully saturated rings. The molecule has 1 N–H and O–H groups in total. The van der Waals surface area contributed by atoms with Gasteiger partial charge in [0.25, 0.3) is 0 Å². The number of piperidine rings is 1. The zero-order valence-corrected chi connectivity index (χ0v) is 14.4. The summed E-state index contributed by atoms with van der Waals surface area (Å²) in [5.41, 5.74) is 2.52. The smallest absolute Gasteiger partial charge is 0.225 e. The monoisotopic (exact) mass is 356 g/mol. The maximum atomic E-state index is 13.2. The van der Waals surface area contributed by atoms with Gasteiger partial charge in [0.2, 0.25) is 5.91 Å². The van der Waals surface area contributed by atoms with Gasteiger partial charge >= 0.3 is 0 Å². The second-order valence-electron chi connectivity index (χ2n) is 6.92. The van der Waals surface area contributed by atoms with Crippen molar-refractivity contribution in [1.29, 1.82) is 0 Å². The van der Waals surface area contributed by atoms with Crippen molar-refractivity contribution in [3.8, 4) is 11.3 Å². The molecule has 0 saturated carbocycles. The predicted molar refractivity (Wildman–Crippen MR) is 94.9 cm³/mol. The van der Waals surface area contributed by atoms with Gasteiger partial charge in [-0.15, -0.1) is 0 Å². The predicted octanol–water partition coefficient (Wildman–Crippen LogP) is 1.70. The molecule has 2 saturated heterocycles. The van der Waals surface area contributed by atoms with E-state index in [1.807, 2.05) is 0 Å². The van der Waals surface area contributed by atoms with Gasteiger partial charge in [-0.25, -0.2) is 14.4 Å². The van der Waals surface area contributed by atoms with Crippen molar-refractivity contribution in [2.45, 2.75) is 18.9 Å². The van der Waals surface area contributed by atoms with Gasteiger partial charge in [0.05, 0.1) is 23.7 Å². The van der Waals surface area contributed by atoms with Crippen molar-refractivity contribution < 1.29 is 14.3 Å². The molecule has 0 spiro atoms. The zero-order chi connectivity index (χ0) is 18.1. The van der Waals surface area contributed by atoms with Gasteiger partial charge in [0.1, 0.15) is 12.1 Å². The number of rotatable bonds is 3. The van der Waals surface area contributed by atoms with Crippen LogP contribution >= 0.6 is 0 Å². The molecule has 0 atom stereocenters. The van der Waals surface area contributed by atoms with Crippen LogP contribution < -0.4 is 4.90 Å². The second kappa shape index (κ2) is 6.99. The quantitative estimate of drug-likeness (QED) is 0.907. The van der Waals surface area contributed by atoms with Crippen LogP contribution in [0.2, 0.25) is 0 Å². The molecule has 2 aliphatic rings. The minimum Gasteiger partial charge on any atom is -0.389 e. The molecule has 0 radical (unpaired) electrons. The molecule has 1 aromatic heterocycles. The summed E-state index contributed by atoms with van der Waals surface area (Å²) in [6, 6.07) is 6.28. The van der Waals surface area contributed by atoms with Crippen LogP contribution in [0.4, 0.5) is 10.1 Å². The molecule has 0 unspecified atom stereocenters. The van der Waals surface area contributed by atoms with Crippen LogP contribution in [-0.2, 0) is 4.79 Å². The minimum atomic E-state index is -0.362. The third-order valence-corrected chi connectivity index (χ3v) is 5.17. The highest BCUT2D eigenvalue weighted by molar-refractivity contribution is 5.80. The van der Waals surface area contributed by atoms with Gasteiger partial charge in [0.15, 0.2) is 0 Å². The molecule has 26 heavy (non-hydrogen) atoms. The van der Waals surface area contributed by atoms with Gasteiger partial charge in [-0.05, 0) is 37.1 Å². The fraction of sp³-hybridized carbons (Fsp3) is 0.421. The average Bonchev–Trinajstić information content (AvgIpc) is 2.66. The van der Waals surface area contributed by atoms with E-state index in [9.17, 15) is 14.3 Å². The lowest BCUT2D eigenvalue weighted by atomic mass is 9.93. The number of halogens is 1. The number of aliphatic hydroxyl groups is 1. The Bertz CT molecular complexity index is 784. The number of hydrogen-bond acceptors (Lipinski definition) is 5. The first-order valence-electron chi connectivity index (χ1n) is 8.89. The van der Waals surface area contributed by atoms with Crippen LogP contribution in [0.5, 0.6) is 0 Å². The molecule has 0 aliphatic carbocycles. The van der Waals surface area contributed by atoms with Gasteiger partial charge in [-0.3, -0.25) is 4.79 Å². The minimum absolute atomic E-state index is 0.0117. The molecular formula is C19H21FN4O2. The molecule has 1 amide bonds. The second-order valence-corrected chi connectivity index (χ2v) is 6.92. The zero-order valence-electron chi connectivity index (χ0n) is 14.4. The van der Waals surface area contributed by atoms with Crippen LogP contribution in [-0.4, -0.2) is 58.2 Å². The number of likely N-dealkylation sites (tertiary alicyclic amines) is 1. The Balaban J connectivity index is 1.46. The lowest BCUT2D eigenvalue weighted by Gasteiger charge is -2.40. The Kier molecular flexibility index (Phi) is 4.55. The molecule has 7 heteroatoms. The van der Waals surface area contributed by atoms with Crippen LogP contribution in [0.15, 0.2) is 36.8 Å². The number of amides is 1. The summed E-state index contributed by atoms with van der Waals surface area (Å²) >= 11 is 0. The maximum Gasteiger partial charge on any atom is 0.225 e. The highest BCUT2D eigenvalue weighted by Gasteiger charge is 2.35. The molecular weight excluding hydrogens is 335 g/mol. The van der Waals surface area contributed by atoms with Crippen molar-refractivity contribution in [2.24, 2.45) is 5.92 Å². The van der Waals surface area contributed by atoms with Gasteiger partial charge in [0, 0.05) is 37.7 Å². The summed E-state index contributed by atoms with van der Waals surface area (Å²) in [4.78, 5) is 24.9. The molecule has 3 heterocycles. The number of carbonyl (C=O) groups excluding carboxylic acids is 1. The van der Waals surface area contributed by atoms with E-state index in [-0.39, 0.29) is 23.7 Å². The standard InChI is InChI=1S/C19H21FN4O2/c20-15-3-1-13(2-4-15)18-17(9-21-12-22-18)23-7-5-14(6-8-23)19(26)24-10-16(25)11-24/h1-4,9,12,14,16,25H,5-8,10-11H2. The van der Waals surface area contributed by atoms with Crippen molar-refractivity contribution >= 4 is 11.6 Å². The summed E-state index contributed by atoms with van der Waals surface area (Å²) in [6.07, 6.45) is 4.44. The van der Waals surface area contributed by atoms with E-state index in [0.717, 1.165) is 42.9 Å². The first-order valence-corrected chi connectivity index (χ1v) is 8.89. The molecule has 2 aliphatic heterocycles. The first kappa shape index (κ1) is 16.9. The molecule has 6 nitrogen and oxygen atoms in total. The maximum absolute atomic E-state index is 13.2. The third-order valence-electron chi connectivity index (χ3n) is 5.17. The van der Waals surface area contributed by atoms with Crippen LogP contribution in [0.3, 0.4) is 0 Å². The molecule has 1 aromatic carbocycles. The Morgan fingerprint density at radius 2 is 1.85 bits per heavy atom. The number of hydrogen-bond donors (Lipinski definition) is 1. The summed E-state index contributed by atoms with van der Waals surface area (Å²) in [6.45, 7) is 2.41. The summed E-state index contributed by atoms with van der Waals surface area (Å²) in [5, 5.41) is 9.37. The van der Waals surface area contributed by atoms with E-state index in [1.54, 1.807) is 23.2 Å². The van der Waals surface area contributed by atoms with E-state index in [2.05, 4.69) is 14.9 Å². The van der Waals surface area contributed by atoms with E-state index < -0.39 is 0 Å². The van der Waals surface area contributed by atoms with Crippen molar-refractivity contribution in [3.63, 3.8) is 0 Å². The Morgan fingerprint density at radius 1 is 1.15 bits per heavy atom. The topological polar surface area (TPSA) is 69.6 Å². The molecule has 0 bridgehead atoms. The summed E-state index contributed by atoms with van der Waals surface area (Å²) in [5.74, 6) is -0.115. The largest absolute Gasteiger partial charge is 0.389 e. The number of carbonyl (C=O) groups is 1. The van der Waals surface area contributed by atoms with Crippen molar-refractivity contribution in [2.75, 3.05) is 31.1 Å². The Morgan fingerprint density at radius 3 is 2.50 bits per heavy atom. The number of nitrogens with zero attached hydrogens (tertiary/aromatic N) is 4. The highest BCUT2D eigenvalue weighted by atomic mass is 19.1. The van der Waals surface area contributed by atoms with Crippen LogP contribution in [0.1, 0.15) is 12.8 Å². The van der Waals surface area contributed by atoms with Crippen molar-refractivity contribution in [1.82, 2.24) is 14.9 Å². The lowest BCUT2D eigenvalue weighted by Crippen LogP contribution is -2.56. The molecule has 2 aromatic rings. The van der Waals surface area contributed by atoms with Gasteiger partial charge in [-0.2, -0.15) is 0 Å². The lowest BCUT2D eigenvalue weighted by molar-refractivity contribution is -0.146. The SMILES string of the molecule is O=C(C1CCN(c2cncnc2-c2ccc(F)cc2)CC1)N1CC(O)C1. The number of aliphatic hydroxyl groups excluding tert-OH is 1. The summed E-state index contributed by atoms with van der Waals surface area (Å²) in [7, 11) is 0. The summed E-state index contributed by atoms with van der Waals surface area (Å²) < 4.78 is 13.2. The van der Waals surface area contributed by atoms with E-state index in [1.165, 1.54) is 18.5 Å². The molecule has 136 valence electrons. The molecule has 4 rings (SSSR count). The Labute approximate surface area is 151 Å². The van der Waals surface area contributed by atoms with Crippen LogP contribution in [0.25, 0.3) is 11.3 Å². The van der Waals surface area contributed by atoms with Gasteiger partial charge < -0.3 is 14.9 Å².